The Hall–Kier alpha value is -1.85. The van der Waals surface area contributed by atoms with Crippen molar-refractivity contribution in [3.8, 4) is 5.75 Å². The van der Waals surface area contributed by atoms with Gasteiger partial charge in [-0.3, -0.25) is 4.79 Å². The van der Waals surface area contributed by atoms with Crippen LogP contribution in [0.4, 0.5) is 0 Å². The molecule has 1 fully saturated rings. The van der Waals surface area contributed by atoms with Gasteiger partial charge < -0.3 is 20.1 Å². The fourth-order valence-electron chi connectivity index (χ4n) is 3.26. The molecule has 1 aromatic rings. The minimum atomic E-state index is -0.516. The van der Waals surface area contributed by atoms with E-state index in [9.17, 15) is 9.90 Å². The zero-order valence-corrected chi connectivity index (χ0v) is 14.0. The molecule has 0 aromatic heterocycles. The van der Waals surface area contributed by atoms with Gasteiger partial charge in [-0.2, -0.15) is 0 Å². The number of piperidine rings is 1. The van der Waals surface area contributed by atoms with Crippen LogP contribution in [0.1, 0.15) is 30.4 Å². The van der Waals surface area contributed by atoms with Gasteiger partial charge in [-0.25, -0.2) is 0 Å². The maximum atomic E-state index is 11.9. The molecule has 5 heteroatoms. The zero-order valence-electron chi connectivity index (χ0n) is 14.0. The van der Waals surface area contributed by atoms with Crippen LogP contribution < -0.4 is 10.1 Å². The minimum absolute atomic E-state index is 0.176. The van der Waals surface area contributed by atoms with Gasteiger partial charge in [0.2, 0.25) is 5.91 Å². The summed E-state index contributed by atoms with van der Waals surface area (Å²) in [6.45, 7) is 3.75. The van der Waals surface area contributed by atoms with Crippen LogP contribution in [0, 0.1) is 0 Å². The Balaban J connectivity index is 1.41. The van der Waals surface area contributed by atoms with E-state index in [-0.39, 0.29) is 12.5 Å². The molecular weight excluding hydrogens is 304 g/mol. The predicted molar refractivity (Wildman–Crippen MR) is 94.0 cm³/mol. The fraction of sp³-hybridized carbons (Fsp3) is 0.526. The van der Waals surface area contributed by atoms with Crippen molar-refractivity contribution in [1.82, 2.24) is 10.2 Å². The van der Waals surface area contributed by atoms with Gasteiger partial charge in [0, 0.05) is 25.6 Å². The molecule has 1 amide bonds. The number of β-amino-alcohol motifs (C(OH)–C–C–N with tert-alkyl or cyclic N) is 1. The lowest BCUT2D eigenvalue weighted by Crippen LogP contribution is -2.41. The highest BCUT2D eigenvalue weighted by molar-refractivity contribution is 5.91. The Morgan fingerprint density at radius 3 is 3.00 bits per heavy atom. The normalized spacial score (nSPS) is 19.0. The number of hydrogen-bond acceptors (Lipinski definition) is 4. The molecule has 0 saturated carbocycles. The van der Waals surface area contributed by atoms with Gasteiger partial charge in [0.1, 0.15) is 5.75 Å². The number of likely N-dealkylation sites (tertiary alicyclic amines) is 1. The standard InChI is InChI=1S/C19H26N2O3/c22-17(14-21-9-2-1-3-10-21)13-20-19(23)7-5-15-4-6-18-16(12-15)8-11-24-18/h4-7,12,17,22H,1-3,8-11,13-14H2,(H,20,23)/b7-5+/t17-/m0/s1. The number of ether oxygens (including phenoxy) is 1. The number of fused-ring (bicyclic) bond motifs is 1. The molecule has 1 saturated heterocycles. The first-order chi connectivity index (χ1) is 11.7. The van der Waals surface area contributed by atoms with E-state index in [4.69, 9.17) is 4.74 Å². The van der Waals surface area contributed by atoms with E-state index in [1.54, 1.807) is 6.08 Å². The van der Waals surface area contributed by atoms with Crippen molar-refractivity contribution in [3.63, 3.8) is 0 Å². The molecule has 1 aromatic carbocycles. The van der Waals surface area contributed by atoms with Gasteiger partial charge in [0.15, 0.2) is 0 Å². The van der Waals surface area contributed by atoms with E-state index in [1.165, 1.54) is 30.9 Å². The average Bonchev–Trinajstić information content (AvgIpc) is 3.07. The van der Waals surface area contributed by atoms with Crippen molar-refractivity contribution in [2.45, 2.75) is 31.8 Å². The second-order valence-electron chi connectivity index (χ2n) is 6.56. The third-order valence-electron chi connectivity index (χ3n) is 4.57. The molecular formula is C19H26N2O3. The van der Waals surface area contributed by atoms with E-state index >= 15 is 0 Å². The quantitative estimate of drug-likeness (QED) is 0.778. The van der Waals surface area contributed by atoms with Crippen molar-refractivity contribution in [3.05, 3.63) is 35.4 Å². The van der Waals surface area contributed by atoms with Crippen molar-refractivity contribution >= 4 is 12.0 Å². The summed E-state index contributed by atoms with van der Waals surface area (Å²) in [5, 5.41) is 12.8. The highest BCUT2D eigenvalue weighted by Crippen LogP contribution is 2.26. The lowest BCUT2D eigenvalue weighted by Gasteiger charge is -2.28. The molecule has 3 rings (SSSR count). The second kappa shape index (κ2) is 8.31. The topological polar surface area (TPSA) is 61.8 Å². The summed E-state index contributed by atoms with van der Waals surface area (Å²) in [6, 6.07) is 5.94. The molecule has 0 spiro atoms. The SMILES string of the molecule is O=C(/C=C/c1ccc2c(c1)CCO2)NC[C@H](O)CN1CCCCC1. The summed E-state index contributed by atoms with van der Waals surface area (Å²) >= 11 is 0. The second-order valence-corrected chi connectivity index (χ2v) is 6.56. The Labute approximate surface area is 143 Å². The van der Waals surface area contributed by atoms with Crippen LogP contribution >= 0.6 is 0 Å². The summed E-state index contributed by atoms with van der Waals surface area (Å²) in [4.78, 5) is 14.2. The summed E-state index contributed by atoms with van der Waals surface area (Å²) in [7, 11) is 0. The van der Waals surface area contributed by atoms with Gasteiger partial charge in [-0.05, 0) is 55.3 Å². The molecule has 0 bridgehead atoms. The van der Waals surface area contributed by atoms with Crippen LogP contribution in [0.2, 0.25) is 0 Å². The van der Waals surface area contributed by atoms with Crippen LogP contribution in [0.3, 0.4) is 0 Å². The lowest BCUT2D eigenvalue weighted by atomic mass is 10.1. The smallest absolute Gasteiger partial charge is 0.244 e. The number of nitrogens with zero attached hydrogens (tertiary/aromatic N) is 1. The first kappa shape index (κ1) is 17.0. The molecule has 2 aliphatic heterocycles. The number of rotatable bonds is 6. The number of carbonyl (C=O) groups is 1. The fourth-order valence-corrected chi connectivity index (χ4v) is 3.26. The molecule has 130 valence electrons. The number of aliphatic hydroxyl groups excluding tert-OH is 1. The lowest BCUT2D eigenvalue weighted by molar-refractivity contribution is -0.116. The summed E-state index contributed by atoms with van der Waals surface area (Å²) in [5.74, 6) is 0.766. The third-order valence-corrected chi connectivity index (χ3v) is 4.57. The molecule has 0 radical (unpaired) electrons. The molecule has 1 atom stereocenters. The highest BCUT2D eigenvalue weighted by Gasteiger charge is 2.15. The van der Waals surface area contributed by atoms with E-state index in [2.05, 4.69) is 16.3 Å². The maximum absolute atomic E-state index is 11.9. The maximum Gasteiger partial charge on any atom is 0.244 e. The minimum Gasteiger partial charge on any atom is -0.493 e. The number of amides is 1. The molecule has 5 nitrogen and oxygen atoms in total. The summed E-state index contributed by atoms with van der Waals surface area (Å²) in [5.41, 5.74) is 2.18. The van der Waals surface area contributed by atoms with Crippen LogP contribution in [-0.2, 0) is 11.2 Å². The van der Waals surface area contributed by atoms with Crippen LogP contribution in [0.15, 0.2) is 24.3 Å². The molecule has 0 aliphatic carbocycles. The van der Waals surface area contributed by atoms with E-state index < -0.39 is 6.10 Å². The highest BCUT2D eigenvalue weighted by atomic mass is 16.5. The summed E-state index contributed by atoms with van der Waals surface area (Å²) < 4.78 is 5.47. The zero-order chi connectivity index (χ0) is 16.8. The molecule has 2 heterocycles. The number of benzene rings is 1. The van der Waals surface area contributed by atoms with E-state index in [0.717, 1.165) is 37.4 Å². The van der Waals surface area contributed by atoms with Crippen molar-refractivity contribution in [2.75, 3.05) is 32.8 Å². The molecule has 0 unspecified atom stereocenters. The van der Waals surface area contributed by atoms with Crippen LogP contribution in [-0.4, -0.2) is 54.8 Å². The van der Waals surface area contributed by atoms with Gasteiger partial charge in [-0.15, -0.1) is 0 Å². The van der Waals surface area contributed by atoms with Gasteiger partial charge in [-0.1, -0.05) is 12.5 Å². The van der Waals surface area contributed by atoms with E-state index in [1.807, 2.05) is 12.1 Å². The van der Waals surface area contributed by atoms with Gasteiger partial charge in [0.05, 0.1) is 12.7 Å². The Kier molecular flexibility index (Phi) is 5.88. The van der Waals surface area contributed by atoms with E-state index in [0.29, 0.717) is 6.54 Å². The third kappa shape index (κ3) is 4.82. The molecule has 2 N–H and O–H groups in total. The average molecular weight is 330 g/mol. The predicted octanol–water partition coefficient (Wildman–Crippen LogP) is 1.60. The Morgan fingerprint density at radius 2 is 2.17 bits per heavy atom. The van der Waals surface area contributed by atoms with Gasteiger partial charge >= 0.3 is 0 Å². The van der Waals surface area contributed by atoms with Crippen LogP contribution in [0.25, 0.3) is 6.08 Å². The molecule has 24 heavy (non-hydrogen) atoms. The number of nitrogens with one attached hydrogen (secondary N) is 1. The van der Waals surface area contributed by atoms with Crippen molar-refractivity contribution in [1.29, 1.82) is 0 Å². The van der Waals surface area contributed by atoms with Gasteiger partial charge in [0.25, 0.3) is 0 Å². The van der Waals surface area contributed by atoms with Crippen molar-refractivity contribution in [2.24, 2.45) is 0 Å². The first-order valence-corrected chi connectivity index (χ1v) is 8.83. The summed E-state index contributed by atoms with van der Waals surface area (Å²) in [6.07, 6.45) is 7.41. The number of aliphatic hydroxyl groups is 1. The monoisotopic (exact) mass is 330 g/mol. The number of hydrogen-bond donors (Lipinski definition) is 2. The molecule has 2 aliphatic rings. The van der Waals surface area contributed by atoms with Crippen LogP contribution in [0.5, 0.6) is 5.75 Å². The first-order valence-electron chi connectivity index (χ1n) is 8.83. The number of carbonyl (C=O) groups excluding carboxylic acids is 1. The van der Waals surface area contributed by atoms with Crippen molar-refractivity contribution < 1.29 is 14.6 Å². The Morgan fingerprint density at radius 1 is 1.33 bits per heavy atom. The largest absolute Gasteiger partial charge is 0.493 e. The Bertz CT molecular complexity index is 594.